The summed E-state index contributed by atoms with van der Waals surface area (Å²) in [5.41, 5.74) is 6.87. The monoisotopic (exact) mass is 332 g/mol. The minimum atomic E-state index is -0.605. The van der Waals surface area contributed by atoms with Gasteiger partial charge in [0.2, 0.25) is 0 Å². The van der Waals surface area contributed by atoms with Gasteiger partial charge in [-0.1, -0.05) is 0 Å². The maximum atomic E-state index is 12.5. The SMILES string of the molecule is COc1ccc(NC(=O)c2c(C)oc(C)c2C)cc1OCC(N)=O. The third-order valence-corrected chi connectivity index (χ3v) is 3.58. The number of rotatable bonds is 6. The summed E-state index contributed by atoms with van der Waals surface area (Å²) in [6.07, 6.45) is 0. The molecule has 2 aromatic rings. The normalized spacial score (nSPS) is 10.3. The van der Waals surface area contributed by atoms with Crippen molar-refractivity contribution < 1.29 is 23.5 Å². The molecule has 1 aromatic carbocycles. The highest BCUT2D eigenvalue weighted by molar-refractivity contribution is 6.06. The first-order valence-electron chi connectivity index (χ1n) is 7.30. The largest absolute Gasteiger partial charge is 0.493 e. The Bertz CT molecular complexity index is 780. The van der Waals surface area contributed by atoms with E-state index in [1.807, 2.05) is 13.8 Å². The number of amides is 2. The Balaban J connectivity index is 2.24. The van der Waals surface area contributed by atoms with E-state index < -0.39 is 5.91 Å². The van der Waals surface area contributed by atoms with E-state index in [1.54, 1.807) is 25.1 Å². The van der Waals surface area contributed by atoms with Crippen LogP contribution in [-0.4, -0.2) is 25.5 Å². The van der Waals surface area contributed by atoms with Crippen molar-refractivity contribution in [2.75, 3.05) is 19.0 Å². The molecular formula is C17H20N2O5. The lowest BCUT2D eigenvalue weighted by atomic mass is 10.1. The van der Waals surface area contributed by atoms with Crippen molar-refractivity contribution >= 4 is 17.5 Å². The Hall–Kier alpha value is -2.96. The van der Waals surface area contributed by atoms with Crippen LogP contribution >= 0.6 is 0 Å². The van der Waals surface area contributed by atoms with E-state index in [2.05, 4.69) is 5.32 Å². The summed E-state index contributed by atoms with van der Waals surface area (Å²) in [7, 11) is 1.48. The number of aryl methyl sites for hydroxylation is 2. The number of anilines is 1. The van der Waals surface area contributed by atoms with Crippen LogP contribution in [0.15, 0.2) is 22.6 Å². The highest BCUT2D eigenvalue weighted by Gasteiger charge is 2.19. The summed E-state index contributed by atoms with van der Waals surface area (Å²) in [5.74, 6) is 1.12. The molecule has 0 aliphatic carbocycles. The predicted molar refractivity (Wildman–Crippen MR) is 88.6 cm³/mol. The molecule has 0 saturated carbocycles. The third-order valence-electron chi connectivity index (χ3n) is 3.58. The number of hydrogen-bond donors (Lipinski definition) is 2. The molecule has 0 saturated heterocycles. The van der Waals surface area contributed by atoms with Crippen molar-refractivity contribution in [1.29, 1.82) is 0 Å². The van der Waals surface area contributed by atoms with Crippen LogP contribution in [-0.2, 0) is 4.79 Å². The highest BCUT2D eigenvalue weighted by Crippen LogP contribution is 2.31. The Labute approximate surface area is 139 Å². The molecule has 0 aliphatic rings. The summed E-state index contributed by atoms with van der Waals surface area (Å²) in [4.78, 5) is 23.4. The van der Waals surface area contributed by atoms with Crippen LogP contribution in [0.5, 0.6) is 11.5 Å². The Morgan fingerprint density at radius 2 is 1.88 bits per heavy atom. The molecule has 3 N–H and O–H groups in total. The van der Waals surface area contributed by atoms with E-state index in [9.17, 15) is 9.59 Å². The van der Waals surface area contributed by atoms with Crippen molar-refractivity contribution in [3.8, 4) is 11.5 Å². The molecule has 0 radical (unpaired) electrons. The maximum Gasteiger partial charge on any atom is 0.259 e. The van der Waals surface area contributed by atoms with Crippen molar-refractivity contribution in [3.05, 3.63) is 40.8 Å². The molecule has 0 spiro atoms. The molecule has 24 heavy (non-hydrogen) atoms. The molecule has 7 nitrogen and oxygen atoms in total. The number of carbonyl (C=O) groups is 2. The zero-order chi connectivity index (χ0) is 17.9. The second-order valence-electron chi connectivity index (χ2n) is 5.29. The average molecular weight is 332 g/mol. The second kappa shape index (κ2) is 7.08. The minimum absolute atomic E-state index is 0.284. The van der Waals surface area contributed by atoms with Gasteiger partial charge in [0.15, 0.2) is 18.1 Å². The standard InChI is InChI=1S/C17H20N2O5/c1-9-10(2)24-11(3)16(9)17(21)19-12-5-6-13(22-4)14(7-12)23-8-15(18)20/h5-7H,8H2,1-4H3,(H2,18,20)(H,19,21). The van der Waals surface area contributed by atoms with Gasteiger partial charge in [0, 0.05) is 17.3 Å². The maximum absolute atomic E-state index is 12.5. The molecular weight excluding hydrogens is 312 g/mol. The topological polar surface area (TPSA) is 104 Å². The van der Waals surface area contributed by atoms with Crippen molar-refractivity contribution in [3.63, 3.8) is 0 Å². The van der Waals surface area contributed by atoms with Crippen LogP contribution in [0, 0.1) is 20.8 Å². The van der Waals surface area contributed by atoms with Crippen LogP contribution in [0.2, 0.25) is 0 Å². The van der Waals surface area contributed by atoms with Gasteiger partial charge < -0.3 is 24.9 Å². The lowest BCUT2D eigenvalue weighted by molar-refractivity contribution is -0.119. The number of furan rings is 1. The smallest absolute Gasteiger partial charge is 0.259 e. The van der Waals surface area contributed by atoms with Gasteiger partial charge in [0.05, 0.1) is 12.7 Å². The van der Waals surface area contributed by atoms with Crippen molar-refractivity contribution in [2.24, 2.45) is 5.73 Å². The zero-order valence-corrected chi connectivity index (χ0v) is 14.1. The van der Waals surface area contributed by atoms with Crippen molar-refractivity contribution in [1.82, 2.24) is 0 Å². The summed E-state index contributed by atoms with van der Waals surface area (Å²) >= 11 is 0. The van der Waals surface area contributed by atoms with Gasteiger partial charge in [-0.2, -0.15) is 0 Å². The van der Waals surface area contributed by atoms with Gasteiger partial charge in [-0.25, -0.2) is 0 Å². The molecule has 0 atom stereocenters. The molecule has 2 amide bonds. The number of primary amides is 1. The molecule has 2 rings (SSSR count). The summed E-state index contributed by atoms with van der Waals surface area (Å²) in [6, 6.07) is 4.87. The van der Waals surface area contributed by atoms with Crippen LogP contribution in [0.4, 0.5) is 5.69 Å². The molecule has 0 fully saturated rings. The van der Waals surface area contributed by atoms with Crippen LogP contribution in [0.25, 0.3) is 0 Å². The van der Waals surface area contributed by atoms with E-state index in [-0.39, 0.29) is 12.5 Å². The number of hydrogen-bond acceptors (Lipinski definition) is 5. The van der Waals surface area contributed by atoms with Gasteiger partial charge >= 0.3 is 0 Å². The van der Waals surface area contributed by atoms with Gasteiger partial charge in [-0.05, 0) is 32.9 Å². The second-order valence-corrected chi connectivity index (χ2v) is 5.29. The molecule has 1 heterocycles. The summed E-state index contributed by atoms with van der Waals surface area (Å²) < 4.78 is 15.9. The number of methoxy groups -OCH3 is 1. The first-order valence-corrected chi connectivity index (χ1v) is 7.30. The number of benzene rings is 1. The first-order chi connectivity index (χ1) is 11.3. The number of nitrogens with two attached hydrogens (primary N) is 1. The van der Waals surface area contributed by atoms with E-state index in [0.717, 1.165) is 5.56 Å². The van der Waals surface area contributed by atoms with Gasteiger partial charge in [-0.15, -0.1) is 0 Å². The Morgan fingerprint density at radius 1 is 1.17 bits per heavy atom. The number of nitrogens with one attached hydrogen (secondary N) is 1. The van der Waals surface area contributed by atoms with Gasteiger partial charge in [-0.3, -0.25) is 9.59 Å². The quantitative estimate of drug-likeness (QED) is 0.845. The predicted octanol–water partition coefficient (Wildman–Crippen LogP) is 2.33. The average Bonchev–Trinajstić information content (AvgIpc) is 2.78. The van der Waals surface area contributed by atoms with Crippen LogP contribution in [0.1, 0.15) is 27.4 Å². The third kappa shape index (κ3) is 3.68. The van der Waals surface area contributed by atoms with Gasteiger partial charge in [0.25, 0.3) is 11.8 Å². The first kappa shape index (κ1) is 17.4. The van der Waals surface area contributed by atoms with Crippen LogP contribution in [0.3, 0.4) is 0 Å². The van der Waals surface area contributed by atoms with E-state index in [1.165, 1.54) is 7.11 Å². The van der Waals surface area contributed by atoms with E-state index in [4.69, 9.17) is 19.6 Å². The highest BCUT2D eigenvalue weighted by atomic mass is 16.5. The molecule has 7 heteroatoms. The lowest BCUT2D eigenvalue weighted by Gasteiger charge is -2.12. The Morgan fingerprint density at radius 3 is 2.42 bits per heavy atom. The molecule has 128 valence electrons. The molecule has 1 aromatic heterocycles. The Kier molecular flexibility index (Phi) is 5.13. The molecule has 0 bridgehead atoms. The van der Waals surface area contributed by atoms with E-state index >= 15 is 0 Å². The molecule has 0 unspecified atom stereocenters. The van der Waals surface area contributed by atoms with Crippen molar-refractivity contribution in [2.45, 2.75) is 20.8 Å². The van der Waals surface area contributed by atoms with Gasteiger partial charge in [0.1, 0.15) is 11.5 Å². The summed E-state index contributed by atoms with van der Waals surface area (Å²) in [5, 5.41) is 2.78. The fourth-order valence-electron chi connectivity index (χ4n) is 2.34. The fourth-order valence-corrected chi connectivity index (χ4v) is 2.34. The number of ether oxygens (including phenoxy) is 2. The zero-order valence-electron chi connectivity index (χ0n) is 14.1. The lowest BCUT2D eigenvalue weighted by Crippen LogP contribution is -2.20. The number of carbonyl (C=O) groups excluding carboxylic acids is 2. The van der Waals surface area contributed by atoms with E-state index in [0.29, 0.717) is 34.3 Å². The van der Waals surface area contributed by atoms with Crippen LogP contribution < -0.4 is 20.5 Å². The minimum Gasteiger partial charge on any atom is -0.493 e. The fraction of sp³-hybridized carbons (Fsp3) is 0.294. The molecule has 0 aliphatic heterocycles. The summed E-state index contributed by atoms with van der Waals surface area (Å²) in [6.45, 7) is 5.09.